The van der Waals surface area contributed by atoms with Crippen LogP contribution in [0.1, 0.15) is 10.5 Å². The van der Waals surface area contributed by atoms with E-state index in [1.807, 2.05) is 18.2 Å². The Morgan fingerprint density at radius 2 is 2.18 bits per heavy atom. The molecule has 0 amide bonds. The summed E-state index contributed by atoms with van der Waals surface area (Å²) in [6.45, 7) is 0. The minimum atomic E-state index is -1.04. The number of hydrogen-bond acceptors (Lipinski definition) is 4. The van der Waals surface area contributed by atoms with E-state index < -0.39 is 5.97 Å². The predicted molar refractivity (Wildman–Crippen MR) is 74.2 cm³/mol. The molecule has 0 fully saturated rings. The fourth-order valence-electron chi connectivity index (χ4n) is 1.20. The molecule has 0 aliphatic rings. The van der Waals surface area contributed by atoms with E-state index in [2.05, 4.69) is 42.2 Å². The number of nitrogens with one attached hydrogen (secondary N) is 1. The zero-order valence-corrected chi connectivity index (χ0v) is 12.3. The average Bonchev–Trinajstić information content (AvgIpc) is 2.71. The molecule has 1 aromatic carbocycles. The third kappa shape index (κ3) is 2.85. The molecule has 0 spiro atoms. The normalized spacial score (nSPS) is 10.2. The number of hydrogen-bond donors (Lipinski definition) is 2. The molecule has 2 N–H and O–H groups in total. The lowest BCUT2D eigenvalue weighted by Crippen LogP contribution is -2.01. The van der Waals surface area contributed by atoms with E-state index in [-0.39, 0.29) is 5.69 Å². The van der Waals surface area contributed by atoms with Gasteiger partial charge < -0.3 is 10.4 Å². The second kappa shape index (κ2) is 5.16. The predicted octanol–water partition coefficient (Wildman–Crippen LogP) is 4.11. The van der Waals surface area contributed by atoms with E-state index in [4.69, 9.17) is 5.11 Å². The van der Waals surface area contributed by atoms with Gasteiger partial charge in [0, 0.05) is 8.95 Å². The van der Waals surface area contributed by atoms with E-state index in [1.165, 1.54) is 16.8 Å². The number of halogens is 2. The van der Waals surface area contributed by atoms with E-state index in [1.54, 1.807) is 0 Å². The molecule has 4 nitrogen and oxygen atoms in total. The molecule has 17 heavy (non-hydrogen) atoms. The lowest BCUT2D eigenvalue weighted by molar-refractivity contribution is 0.0692. The van der Waals surface area contributed by atoms with Crippen LogP contribution in [0, 0.1) is 0 Å². The molecule has 0 atom stereocenters. The highest BCUT2D eigenvalue weighted by Gasteiger charge is 2.14. The first-order valence-corrected chi connectivity index (χ1v) is 6.93. The third-order valence-corrected chi connectivity index (χ3v) is 3.87. The molecule has 0 bridgehead atoms. The number of carboxylic acids is 1. The van der Waals surface area contributed by atoms with Crippen molar-refractivity contribution < 1.29 is 9.90 Å². The average molecular weight is 378 g/mol. The highest BCUT2D eigenvalue weighted by Crippen LogP contribution is 2.31. The van der Waals surface area contributed by atoms with Crippen molar-refractivity contribution in [2.45, 2.75) is 0 Å². The standard InChI is InChI=1S/C10H6Br2N2O2S/c11-5-1-2-6(12)7(3-5)14-9-8(10(15)16)13-4-17-9/h1-4,14H,(H,15,16). The molecule has 1 heterocycles. The van der Waals surface area contributed by atoms with Gasteiger partial charge in [0.1, 0.15) is 5.00 Å². The Bertz CT molecular complexity index is 571. The Morgan fingerprint density at radius 1 is 1.41 bits per heavy atom. The van der Waals surface area contributed by atoms with Gasteiger partial charge >= 0.3 is 5.97 Å². The van der Waals surface area contributed by atoms with Crippen LogP contribution in [0.3, 0.4) is 0 Å². The molecule has 0 saturated carbocycles. The smallest absolute Gasteiger partial charge is 0.357 e. The summed E-state index contributed by atoms with van der Waals surface area (Å²) in [6, 6.07) is 5.61. The maximum absolute atomic E-state index is 10.9. The first-order chi connectivity index (χ1) is 8.08. The molecule has 1 aromatic heterocycles. The SMILES string of the molecule is O=C(O)c1ncsc1Nc1cc(Br)ccc1Br. The highest BCUT2D eigenvalue weighted by atomic mass is 79.9. The molecule has 7 heteroatoms. The van der Waals surface area contributed by atoms with Crippen LogP contribution in [-0.2, 0) is 0 Å². The van der Waals surface area contributed by atoms with Crippen molar-refractivity contribution in [2.24, 2.45) is 0 Å². The van der Waals surface area contributed by atoms with Gasteiger partial charge in [0.2, 0.25) is 0 Å². The van der Waals surface area contributed by atoms with Crippen molar-refractivity contribution in [1.82, 2.24) is 4.98 Å². The lowest BCUT2D eigenvalue weighted by atomic mass is 10.3. The number of rotatable bonds is 3. The Kier molecular flexibility index (Phi) is 3.80. The summed E-state index contributed by atoms with van der Waals surface area (Å²) in [4.78, 5) is 14.7. The molecule has 0 radical (unpaired) electrons. The first kappa shape index (κ1) is 12.5. The molecule has 0 unspecified atom stereocenters. The van der Waals surface area contributed by atoms with Gasteiger partial charge in [-0.05, 0) is 34.1 Å². The summed E-state index contributed by atoms with van der Waals surface area (Å²) in [7, 11) is 0. The monoisotopic (exact) mass is 376 g/mol. The van der Waals surface area contributed by atoms with Crippen LogP contribution in [0.25, 0.3) is 0 Å². The summed E-state index contributed by atoms with van der Waals surface area (Å²) < 4.78 is 1.76. The van der Waals surface area contributed by atoms with Crippen LogP contribution < -0.4 is 5.32 Å². The van der Waals surface area contributed by atoms with Gasteiger partial charge in [-0.25, -0.2) is 9.78 Å². The Labute approximate surface area is 118 Å². The fourth-order valence-corrected chi connectivity index (χ4v) is 2.59. The minimum Gasteiger partial charge on any atom is -0.476 e. The first-order valence-electron chi connectivity index (χ1n) is 4.47. The number of benzene rings is 1. The minimum absolute atomic E-state index is 0.0295. The maximum atomic E-state index is 10.9. The van der Waals surface area contributed by atoms with Gasteiger partial charge in [-0.15, -0.1) is 11.3 Å². The molecule has 0 aliphatic heterocycles. The number of anilines is 2. The number of nitrogens with zero attached hydrogens (tertiary/aromatic N) is 1. The van der Waals surface area contributed by atoms with Gasteiger partial charge in [-0.3, -0.25) is 0 Å². The number of aromatic carboxylic acids is 1. The van der Waals surface area contributed by atoms with Crippen molar-refractivity contribution in [3.8, 4) is 0 Å². The quantitative estimate of drug-likeness (QED) is 0.844. The van der Waals surface area contributed by atoms with Crippen LogP contribution in [-0.4, -0.2) is 16.1 Å². The fraction of sp³-hybridized carbons (Fsp3) is 0. The Balaban J connectivity index is 2.34. The van der Waals surface area contributed by atoms with E-state index >= 15 is 0 Å². The van der Waals surface area contributed by atoms with Crippen molar-refractivity contribution >= 4 is 59.9 Å². The molecular weight excluding hydrogens is 372 g/mol. The van der Waals surface area contributed by atoms with Crippen molar-refractivity contribution in [3.05, 3.63) is 38.3 Å². The third-order valence-electron chi connectivity index (χ3n) is 1.95. The molecule has 88 valence electrons. The molecule has 2 rings (SSSR count). The lowest BCUT2D eigenvalue weighted by Gasteiger charge is -2.07. The number of aromatic nitrogens is 1. The zero-order chi connectivity index (χ0) is 12.4. The second-order valence-corrected chi connectivity index (χ2v) is 5.71. The molecule has 2 aromatic rings. The Morgan fingerprint density at radius 3 is 2.88 bits per heavy atom. The van der Waals surface area contributed by atoms with Crippen molar-refractivity contribution in [1.29, 1.82) is 0 Å². The van der Waals surface area contributed by atoms with E-state index in [9.17, 15) is 4.79 Å². The molecular formula is C10H6Br2N2O2S. The van der Waals surface area contributed by atoms with Gasteiger partial charge in [0.25, 0.3) is 0 Å². The van der Waals surface area contributed by atoms with E-state index in [0.717, 1.165) is 14.6 Å². The van der Waals surface area contributed by atoms with Gasteiger partial charge in [-0.1, -0.05) is 15.9 Å². The Hall–Kier alpha value is -0.920. The van der Waals surface area contributed by atoms with Crippen LogP contribution >= 0.6 is 43.2 Å². The molecule has 0 saturated heterocycles. The van der Waals surface area contributed by atoms with Crippen LogP contribution in [0.4, 0.5) is 10.7 Å². The topological polar surface area (TPSA) is 62.2 Å². The number of carboxylic acid groups (broad SMARTS) is 1. The van der Waals surface area contributed by atoms with Gasteiger partial charge in [0.15, 0.2) is 5.69 Å². The van der Waals surface area contributed by atoms with E-state index in [0.29, 0.717) is 5.00 Å². The summed E-state index contributed by atoms with van der Waals surface area (Å²) in [5, 5.41) is 12.5. The summed E-state index contributed by atoms with van der Waals surface area (Å²) in [5.74, 6) is -1.04. The second-order valence-electron chi connectivity index (χ2n) is 3.08. The summed E-state index contributed by atoms with van der Waals surface area (Å²) in [6.07, 6.45) is 0. The summed E-state index contributed by atoms with van der Waals surface area (Å²) >= 11 is 8.00. The number of thiazole rings is 1. The van der Waals surface area contributed by atoms with Gasteiger partial charge in [-0.2, -0.15) is 0 Å². The van der Waals surface area contributed by atoms with Crippen LogP contribution in [0.5, 0.6) is 0 Å². The summed E-state index contributed by atoms with van der Waals surface area (Å²) in [5.41, 5.74) is 2.31. The van der Waals surface area contributed by atoms with Crippen molar-refractivity contribution in [3.63, 3.8) is 0 Å². The maximum Gasteiger partial charge on any atom is 0.357 e. The van der Waals surface area contributed by atoms with Crippen molar-refractivity contribution in [2.75, 3.05) is 5.32 Å². The van der Waals surface area contributed by atoms with Crippen LogP contribution in [0.15, 0.2) is 32.7 Å². The number of carbonyl (C=O) groups is 1. The zero-order valence-electron chi connectivity index (χ0n) is 8.28. The highest BCUT2D eigenvalue weighted by molar-refractivity contribution is 9.11. The molecule has 0 aliphatic carbocycles. The van der Waals surface area contributed by atoms with Crippen LogP contribution in [0.2, 0.25) is 0 Å². The largest absolute Gasteiger partial charge is 0.476 e. The van der Waals surface area contributed by atoms with Gasteiger partial charge in [0.05, 0.1) is 11.2 Å².